The number of thiocarbonyl (C=S) groups is 4. The summed E-state index contributed by atoms with van der Waals surface area (Å²) in [6.45, 7) is 7.20. The molecule has 4 amide bonds. The molecule has 4 aliphatic carbocycles. The van der Waals surface area contributed by atoms with Gasteiger partial charge in [0.25, 0.3) is 0 Å². The first-order valence-electron chi connectivity index (χ1n) is 33.1. The third kappa shape index (κ3) is 15.2. The summed E-state index contributed by atoms with van der Waals surface area (Å²) in [5.41, 5.74) is 13.1. The van der Waals surface area contributed by atoms with Crippen LogP contribution in [0.1, 0.15) is 119 Å². The summed E-state index contributed by atoms with van der Waals surface area (Å²) in [6.07, 6.45) is 12.4. The second-order valence-corrected chi connectivity index (χ2v) is 33.0. The zero-order chi connectivity index (χ0) is 68.9. The van der Waals surface area contributed by atoms with Crippen molar-refractivity contribution >= 4 is 155 Å². The van der Waals surface area contributed by atoms with Crippen LogP contribution >= 0.6 is 95.9 Å². The maximum Gasteiger partial charge on any atom is 0.234 e. The fourth-order valence-corrected chi connectivity index (χ4v) is 21.3. The highest BCUT2D eigenvalue weighted by molar-refractivity contribution is 8.24. The van der Waals surface area contributed by atoms with E-state index >= 15 is 0 Å². The van der Waals surface area contributed by atoms with E-state index in [1.165, 1.54) is 44.5 Å². The zero-order valence-corrected chi connectivity index (χ0v) is 61.0. The number of nitrogens with zero attached hydrogens (tertiary/aromatic N) is 4. The van der Waals surface area contributed by atoms with Crippen molar-refractivity contribution in [2.45, 2.75) is 123 Å². The van der Waals surface area contributed by atoms with E-state index in [2.05, 4.69) is 54.6 Å². The number of carbonyl (C=O) groups is 4. The van der Waals surface area contributed by atoms with Crippen molar-refractivity contribution in [1.82, 2.24) is 19.6 Å². The molecule has 4 heterocycles. The number of aliphatic hydroxyl groups excluding tert-OH is 3. The molecule has 0 radical (unpaired) electrons. The summed E-state index contributed by atoms with van der Waals surface area (Å²) in [5.74, 6) is -1.86. The number of rotatable bonds is 13. The van der Waals surface area contributed by atoms with Crippen molar-refractivity contribution in [3.05, 3.63) is 267 Å². The predicted octanol–water partition coefficient (Wildman–Crippen LogP) is 15.6. The average Bonchev–Trinajstić information content (AvgIpc) is 1.62. The van der Waals surface area contributed by atoms with Gasteiger partial charge in [-0.05, 0) is 86.9 Å². The largest absolute Gasteiger partial charge is 0.388 e. The summed E-state index contributed by atoms with van der Waals surface area (Å²) < 4.78 is 2.61. The first-order chi connectivity index (χ1) is 47.4. The SMILES string of the molecule is CCC(=O)N1C(=S)S[C@@H]2Cc3ccccc3C21.C[C@@H](C(=O)N1C(=S)S[C@@H]2Cc3ccccc3C21)[C@@H](O)/C=C/c1ccccc1.C[C@H](C(=O)N1C(=S)S[C@@H]2Cc3ccccc3C21)[C@@H](O)/C=C/c1ccccc1.C[C@H](C(=O)N1C(=S)S[C@@H]2Cc3ccccc3C21)[C@H](O)/C=C/c1ccccc1. The Hall–Kier alpha value is -6.72. The Morgan fingerprint density at radius 2 is 0.602 bits per heavy atom. The summed E-state index contributed by atoms with van der Waals surface area (Å²) >= 11 is 28.4. The molecule has 502 valence electrons. The Morgan fingerprint density at radius 1 is 0.378 bits per heavy atom. The van der Waals surface area contributed by atoms with Gasteiger partial charge in [-0.15, -0.1) is 0 Å². The molecular weight excluding hydrogens is 1370 g/mol. The first kappa shape index (κ1) is 71.1. The standard InChI is InChI=1S/3C22H21NO2S2.C13H13NOS2/c3*1-14(18(24)12-11-15-7-3-2-4-8-15)21(25)23-20-17-10-6-5-9-16(17)13-19(20)27-22(23)26;1-2-11(15)14-12-9-6-4-3-5-8(9)7-10(12)17-13(14)16/h3*2-12,14,18-20,24H,13H2,1H3;3-6,10,12H,2,7H2,1H3/b3*12-11+;/t14-,18+,19+,20?;14-,18+,19-,20?;14-,18-,19+,20?;10-,12?/m0101/s1. The van der Waals surface area contributed by atoms with E-state index in [0.29, 0.717) is 24.6 Å². The van der Waals surface area contributed by atoms with E-state index in [9.17, 15) is 34.5 Å². The molecule has 4 unspecified atom stereocenters. The van der Waals surface area contributed by atoms with Crippen LogP contribution in [0.25, 0.3) is 18.2 Å². The lowest BCUT2D eigenvalue weighted by Crippen LogP contribution is -2.41. The fourth-order valence-electron chi connectivity index (χ4n) is 14.0. The van der Waals surface area contributed by atoms with Crippen LogP contribution in [-0.4, -0.2) is 115 Å². The van der Waals surface area contributed by atoms with Gasteiger partial charge in [-0.3, -0.25) is 38.8 Å². The number of hydrogen-bond donors (Lipinski definition) is 3. The lowest BCUT2D eigenvalue weighted by molar-refractivity contribution is -0.135. The topological polar surface area (TPSA) is 142 Å². The van der Waals surface area contributed by atoms with Gasteiger partial charge in [-0.2, -0.15) is 0 Å². The van der Waals surface area contributed by atoms with E-state index < -0.39 is 36.1 Å². The van der Waals surface area contributed by atoms with Crippen molar-refractivity contribution in [1.29, 1.82) is 0 Å². The van der Waals surface area contributed by atoms with Crippen molar-refractivity contribution < 1.29 is 34.5 Å². The number of amides is 4. The summed E-state index contributed by atoms with van der Waals surface area (Å²) in [7, 11) is 0. The molecule has 8 aliphatic rings. The Balaban J connectivity index is 0.000000126. The summed E-state index contributed by atoms with van der Waals surface area (Å²) in [4.78, 5) is 58.6. The predicted molar refractivity (Wildman–Crippen MR) is 417 cm³/mol. The van der Waals surface area contributed by atoms with Gasteiger partial charge >= 0.3 is 0 Å². The maximum atomic E-state index is 13.2. The van der Waals surface area contributed by atoms with Crippen LogP contribution in [0, 0.1) is 17.8 Å². The lowest BCUT2D eigenvalue weighted by atomic mass is 9.99. The number of fused-ring (bicyclic) bond motifs is 12. The quantitative estimate of drug-likeness (QED) is 0.0942. The average molecular weight is 1450 g/mol. The molecule has 4 aliphatic heterocycles. The second kappa shape index (κ2) is 31.9. The van der Waals surface area contributed by atoms with Crippen molar-refractivity contribution in [2.24, 2.45) is 17.8 Å². The number of thioether (sulfide) groups is 4. The molecule has 14 atom stereocenters. The molecule has 7 aromatic rings. The van der Waals surface area contributed by atoms with Gasteiger partial charge in [0, 0.05) is 27.4 Å². The van der Waals surface area contributed by atoms with Gasteiger partial charge in [0.1, 0.15) is 17.3 Å². The van der Waals surface area contributed by atoms with Crippen LogP contribution < -0.4 is 0 Å². The van der Waals surface area contributed by atoms with Gasteiger partial charge in [-0.1, -0.05) is 348 Å². The minimum atomic E-state index is -0.860. The van der Waals surface area contributed by atoms with Crippen molar-refractivity contribution in [3.63, 3.8) is 0 Å². The number of benzene rings is 7. The summed E-state index contributed by atoms with van der Waals surface area (Å²) in [6, 6.07) is 62.6. The maximum absolute atomic E-state index is 13.2. The minimum Gasteiger partial charge on any atom is -0.388 e. The van der Waals surface area contributed by atoms with E-state index in [1.54, 1.807) is 101 Å². The first-order valence-corrected chi connectivity index (χ1v) is 38.2. The van der Waals surface area contributed by atoms with Crippen LogP contribution in [0.5, 0.6) is 0 Å². The lowest BCUT2D eigenvalue weighted by Gasteiger charge is -2.28. The van der Waals surface area contributed by atoms with Gasteiger partial charge in [0.15, 0.2) is 0 Å². The normalized spacial score (nSPS) is 23.8. The van der Waals surface area contributed by atoms with E-state index in [1.807, 2.05) is 164 Å². The van der Waals surface area contributed by atoms with Crippen LogP contribution in [0.15, 0.2) is 206 Å². The molecular formula is C79H76N4O7S8. The molecule has 19 heteroatoms. The fraction of sp³-hybridized carbons (Fsp3) is 0.291. The molecule has 0 bridgehead atoms. The second-order valence-electron chi connectivity index (χ2n) is 25.5. The molecule has 7 aromatic carbocycles. The molecule has 98 heavy (non-hydrogen) atoms. The highest BCUT2D eigenvalue weighted by Crippen LogP contribution is 2.53. The highest BCUT2D eigenvalue weighted by atomic mass is 32.2. The molecule has 0 spiro atoms. The van der Waals surface area contributed by atoms with Crippen LogP contribution in [0.4, 0.5) is 0 Å². The Bertz CT molecular complexity index is 3890. The highest BCUT2D eigenvalue weighted by Gasteiger charge is 2.52. The molecule has 0 aromatic heterocycles. The number of hydrogen-bond acceptors (Lipinski definition) is 15. The molecule has 4 fully saturated rings. The van der Waals surface area contributed by atoms with Gasteiger partial charge < -0.3 is 15.3 Å². The van der Waals surface area contributed by atoms with Crippen LogP contribution in [0.2, 0.25) is 0 Å². The number of aliphatic hydroxyl groups is 3. The monoisotopic (exact) mass is 1450 g/mol. The van der Waals surface area contributed by atoms with E-state index in [-0.39, 0.29) is 63.5 Å². The smallest absolute Gasteiger partial charge is 0.234 e. The van der Waals surface area contributed by atoms with Gasteiger partial charge in [0.05, 0.1) is 60.2 Å². The zero-order valence-electron chi connectivity index (χ0n) is 54.5. The molecule has 0 saturated carbocycles. The molecule has 15 rings (SSSR count). The van der Waals surface area contributed by atoms with E-state index in [4.69, 9.17) is 48.9 Å². The summed E-state index contributed by atoms with van der Waals surface area (Å²) in [5, 5.41) is 32.9. The number of carbonyl (C=O) groups excluding carboxylic acids is 4. The van der Waals surface area contributed by atoms with Crippen LogP contribution in [-0.2, 0) is 44.9 Å². The molecule has 3 N–H and O–H groups in total. The Labute approximate surface area is 612 Å². The van der Waals surface area contributed by atoms with Crippen LogP contribution in [0.3, 0.4) is 0 Å². The van der Waals surface area contributed by atoms with Crippen molar-refractivity contribution in [3.8, 4) is 0 Å². The third-order valence-corrected chi connectivity index (χ3v) is 25.8. The third-order valence-electron chi connectivity index (χ3n) is 19.3. The van der Waals surface area contributed by atoms with Crippen molar-refractivity contribution in [2.75, 3.05) is 0 Å². The Morgan fingerprint density at radius 3 is 0.857 bits per heavy atom. The molecule has 4 saturated heterocycles. The minimum absolute atomic E-state index is 0.0149. The Kier molecular flexibility index (Phi) is 23.1. The van der Waals surface area contributed by atoms with E-state index in [0.717, 1.165) is 46.7 Å². The molecule has 11 nitrogen and oxygen atoms in total. The van der Waals surface area contributed by atoms with Gasteiger partial charge in [0.2, 0.25) is 23.6 Å². The van der Waals surface area contributed by atoms with Gasteiger partial charge in [-0.25, -0.2) is 0 Å².